The number of ether oxygens (including phenoxy) is 1. The van der Waals surface area contributed by atoms with E-state index in [1.165, 1.54) is 12.1 Å². The Bertz CT molecular complexity index is 1160. The quantitative estimate of drug-likeness (QED) is 0.391. The molecule has 28 heavy (non-hydrogen) atoms. The number of nitro groups is 1. The van der Waals surface area contributed by atoms with Gasteiger partial charge in [0.1, 0.15) is 11.8 Å². The van der Waals surface area contributed by atoms with E-state index in [9.17, 15) is 15.4 Å². The van der Waals surface area contributed by atoms with Gasteiger partial charge in [0.25, 0.3) is 5.69 Å². The van der Waals surface area contributed by atoms with E-state index < -0.39 is 10.8 Å². The van der Waals surface area contributed by atoms with Gasteiger partial charge in [0, 0.05) is 6.07 Å². The van der Waals surface area contributed by atoms with Gasteiger partial charge in [-0.3, -0.25) is 15.2 Å². The molecule has 3 aromatic rings. The number of rotatable bonds is 3. The number of nitro benzene ring substituents is 1. The van der Waals surface area contributed by atoms with Crippen molar-refractivity contribution in [2.75, 3.05) is 5.73 Å². The highest BCUT2D eigenvalue weighted by molar-refractivity contribution is 6.29. The lowest BCUT2D eigenvalue weighted by molar-refractivity contribution is -0.383. The maximum absolute atomic E-state index is 11.1. The number of aromatic amines is 1. The molecule has 9 heteroatoms. The van der Waals surface area contributed by atoms with E-state index in [-0.39, 0.29) is 28.0 Å². The molecular formula is C19H12ClN5O3. The SMILES string of the molecule is N#CC1=C(Cl)Oc2n[nH]c(-c3ccccc3)c2C1c1ccc([N+](=O)[O-])c(N)c1. The van der Waals surface area contributed by atoms with Gasteiger partial charge in [-0.25, -0.2) is 0 Å². The van der Waals surface area contributed by atoms with Crippen LogP contribution in [0.15, 0.2) is 59.3 Å². The van der Waals surface area contributed by atoms with Crippen molar-refractivity contribution < 1.29 is 9.66 Å². The van der Waals surface area contributed by atoms with Gasteiger partial charge in [-0.2, -0.15) is 5.26 Å². The first kappa shape index (κ1) is 17.6. The van der Waals surface area contributed by atoms with Crippen LogP contribution in [0.1, 0.15) is 17.0 Å². The van der Waals surface area contributed by atoms with Crippen LogP contribution in [-0.2, 0) is 0 Å². The van der Waals surface area contributed by atoms with E-state index in [0.29, 0.717) is 16.8 Å². The number of anilines is 1. The smallest absolute Gasteiger partial charge is 0.292 e. The van der Waals surface area contributed by atoms with E-state index in [0.717, 1.165) is 5.56 Å². The largest absolute Gasteiger partial charge is 0.424 e. The first-order valence-corrected chi connectivity index (χ1v) is 8.54. The fourth-order valence-electron chi connectivity index (χ4n) is 3.26. The molecule has 0 amide bonds. The molecule has 4 rings (SSSR count). The zero-order chi connectivity index (χ0) is 19.8. The normalized spacial score (nSPS) is 15.5. The van der Waals surface area contributed by atoms with Crippen molar-refractivity contribution >= 4 is 23.0 Å². The number of H-pyrrole nitrogens is 1. The topological polar surface area (TPSA) is 131 Å². The molecule has 1 aliphatic heterocycles. The number of nitrogens with zero attached hydrogens (tertiary/aromatic N) is 3. The molecule has 3 N–H and O–H groups in total. The van der Waals surface area contributed by atoms with Gasteiger partial charge >= 0.3 is 0 Å². The van der Waals surface area contributed by atoms with Crippen molar-refractivity contribution in [1.29, 1.82) is 5.26 Å². The summed E-state index contributed by atoms with van der Waals surface area (Å²) in [5.74, 6) is -0.400. The fraction of sp³-hybridized carbons (Fsp3) is 0.0526. The molecule has 0 spiro atoms. The minimum absolute atomic E-state index is 0.00582. The molecule has 138 valence electrons. The standard InChI is InChI=1S/C19H12ClN5O3/c20-18-12(9-21)15(11-6-7-14(25(26)27)13(22)8-11)16-17(23-24-19(16)28-18)10-4-2-1-3-5-10/h1-8,15H,22H2,(H,23,24). The summed E-state index contributed by atoms with van der Waals surface area (Å²) >= 11 is 6.17. The van der Waals surface area contributed by atoms with E-state index in [2.05, 4.69) is 16.3 Å². The van der Waals surface area contributed by atoms with Gasteiger partial charge in [0.2, 0.25) is 11.1 Å². The number of allylic oxidation sites excluding steroid dienone is 1. The molecule has 1 atom stereocenters. The Morgan fingerprint density at radius 1 is 1.29 bits per heavy atom. The predicted octanol–water partition coefficient (Wildman–Crippen LogP) is 4.07. The third-order valence-corrected chi connectivity index (χ3v) is 4.79. The van der Waals surface area contributed by atoms with Crippen molar-refractivity contribution in [1.82, 2.24) is 10.2 Å². The number of nitrogen functional groups attached to an aromatic ring is 1. The molecule has 0 bridgehead atoms. The van der Waals surface area contributed by atoms with Crippen LogP contribution in [0, 0.1) is 21.4 Å². The molecule has 0 radical (unpaired) electrons. The Morgan fingerprint density at radius 2 is 2.04 bits per heavy atom. The summed E-state index contributed by atoms with van der Waals surface area (Å²) in [7, 11) is 0. The summed E-state index contributed by atoms with van der Waals surface area (Å²) in [6, 6.07) is 15.8. The van der Waals surface area contributed by atoms with Crippen molar-refractivity contribution in [3.05, 3.63) is 80.6 Å². The van der Waals surface area contributed by atoms with E-state index in [4.69, 9.17) is 22.1 Å². The summed E-state index contributed by atoms with van der Waals surface area (Å²) in [4.78, 5) is 10.5. The minimum Gasteiger partial charge on any atom is -0.424 e. The van der Waals surface area contributed by atoms with Gasteiger partial charge in [-0.05, 0) is 28.8 Å². The van der Waals surface area contributed by atoms with Crippen LogP contribution in [-0.4, -0.2) is 15.1 Å². The lowest BCUT2D eigenvalue weighted by Crippen LogP contribution is -2.14. The molecule has 2 aromatic carbocycles. The molecule has 1 unspecified atom stereocenters. The molecule has 0 aliphatic carbocycles. The van der Waals surface area contributed by atoms with Crippen LogP contribution < -0.4 is 10.5 Å². The van der Waals surface area contributed by atoms with Crippen LogP contribution >= 0.6 is 11.6 Å². The zero-order valence-corrected chi connectivity index (χ0v) is 15.0. The second-order valence-electron chi connectivity index (χ2n) is 6.09. The van der Waals surface area contributed by atoms with Crippen LogP contribution in [0.4, 0.5) is 11.4 Å². The van der Waals surface area contributed by atoms with E-state index in [1.807, 2.05) is 30.3 Å². The van der Waals surface area contributed by atoms with Gasteiger partial charge in [0.05, 0.1) is 27.7 Å². The molecular weight excluding hydrogens is 382 g/mol. The molecule has 1 aliphatic rings. The molecule has 0 fully saturated rings. The van der Waals surface area contributed by atoms with Crippen molar-refractivity contribution in [2.24, 2.45) is 0 Å². The minimum atomic E-state index is -0.640. The summed E-state index contributed by atoms with van der Waals surface area (Å²) < 4.78 is 5.52. The number of aromatic nitrogens is 2. The number of nitrogens with one attached hydrogen (secondary N) is 1. The third-order valence-electron chi connectivity index (χ3n) is 4.51. The van der Waals surface area contributed by atoms with Crippen molar-refractivity contribution in [3.63, 3.8) is 0 Å². The Hall–Kier alpha value is -3.83. The Morgan fingerprint density at radius 3 is 2.68 bits per heavy atom. The highest BCUT2D eigenvalue weighted by atomic mass is 35.5. The van der Waals surface area contributed by atoms with Crippen molar-refractivity contribution in [3.8, 4) is 23.2 Å². The highest BCUT2D eigenvalue weighted by Gasteiger charge is 2.36. The van der Waals surface area contributed by atoms with E-state index >= 15 is 0 Å². The first-order chi connectivity index (χ1) is 13.5. The number of hydrogen-bond donors (Lipinski definition) is 2. The fourth-order valence-corrected chi connectivity index (χ4v) is 3.49. The molecule has 0 saturated carbocycles. The average molecular weight is 394 g/mol. The third kappa shape index (κ3) is 2.74. The van der Waals surface area contributed by atoms with Crippen LogP contribution in [0.3, 0.4) is 0 Å². The number of benzene rings is 2. The maximum atomic E-state index is 11.1. The summed E-state index contributed by atoms with van der Waals surface area (Å²) in [6.45, 7) is 0. The van der Waals surface area contributed by atoms with Crippen molar-refractivity contribution in [2.45, 2.75) is 5.92 Å². The monoisotopic (exact) mass is 393 g/mol. The number of halogens is 1. The average Bonchev–Trinajstić information content (AvgIpc) is 3.10. The van der Waals surface area contributed by atoms with Gasteiger partial charge in [0.15, 0.2) is 0 Å². The summed E-state index contributed by atoms with van der Waals surface area (Å²) in [5.41, 5.74) is 8.51. The number of hydrogen-bond acceptors (Lipinski definition) is 6. The van der Waals surface area contributed by atoms with Crippen LogP contribution in [0.2, 0.25) is 0 Å². The first-order valence-electron chi connectivity index (χ1n) is 8.16. The Balaban J connectivity index is 1.94. The number of fused-ring (bicyclic) bond motifs is 1. The van der Waals surface area contributed by atoms with Gasteiger partial charge < -0.3 is 10.5 Å². The summed E-state index contributed by atoms with van der Waals surface area (Å²) in [6.07, 6.45) is 0. The second-order valence-corrected chi connectivity index (χ2v) is 6.44. The number of nitriles is 1. The zero-order valence-electron chi connectivity index (χ0n) is 14.2. The van der Waals surface area contributed by atoms with E-state index in [1.54, 1.807) is 6.07 Å². The highest BCUT2D eigenvalue weighted by Crippen LogP contribution is 2.47. The Labute approximate surface area is 164 Å². The molecule has 8 nitrogen and oxygen atoms in total. The lowest BCUT2D eigenvalue weighted by atomic mass is 9.83. The Kier molecular flexibility index (Phi) is 4.22. The summed E-state index contributed by atoms with van der Waals surface area (Å²) in [5, 5.41) is 27.8. The number of nitrogens with two attached hydrogens (primary N) is 1. The molecule has 1 aromatic heterocycles. The molecule has 0 saturated heterocycles. The predicted molar refractivity (Wildman–Crippen MR) is 102 cm³/mol. The van der Waals surface area contributed by atoms with Gasteiger partial charge in [-0.15, -0.1) is 5.10 Å². The lowest BCUT2D eigenvalue weighted by Gasteiger charge is -2.23. The second kappa shape index (κ2) is 6.72. The van der Waals surface area contributed by atoms with Gasteiger partial charge in [-0.1, -0.05) is 36.4 Å². The van der Waals surface area contributed by atoms with Crippen LogP contribution in [0.25, 0.3) is 11.3 Å². The molecule has 2 heterocycles. The maximum Gasteiger partial charge on any atom is 0.292 e. The van der Waals surface area contributed by atoms with Crippen LogP contribution in [0.5, 0.6) is 5.88 Å².